The van der Waals surface area contributed by atoms with Crippen LogP contribution < -0.4 is 10.6 Å². The number of likely N-dealkylation sites (tertiary alicyclic amines) is 4. The number of nitrogens with one attached hydrogen (secondary N) is 2. The van der Waals surface area contributed by atoms with Crippen LogP contribution in [0.15, 0.2) is 36.4 Å². The van der Waals surface area contributed by atoms with Crippen molar-refractivity contribution in [2.75, 3.05) is 52.4 Å². The molecule has 2 aromatic carbocycles. The minimum absolute atomic E-state index is 0.137. The number of imide groups is 2. The molecule has 468 valence electrons. The summed E-state index contributed by atoms with van der Waals surface area (Å²) >= 11 is 0. The van der Waals surface area contributed by atoms with Crippen LogP contribution in [0.3, 0.4) is 0 Å². The lowest BCUT2D eigenvalue weighted by molar-refractivity contribution is -0.138. The third-order valence-electron chi connectivity index (χ3n) is 19.2. The molecule has 8 heterocycles. The number of fused-ring (bicyclic) bond motifs is 2. The Kier molecular flexibility index (Phi) is 18.0. The fourth-order valence-corrected chi connectivity index (χ4v) is 14.3. The van der Waals surface area contributed by atoms with Crippen LogP contribution in [0.25, 0.3) is 0 Å². The molecule has 2 N–H and O–H groups in total. The van der Waals surface area contributed by atoms with E-state index >= 15 is 8.78 Å². The van der Waals surface area contributed by atoms with Gasteiger partial charge in [0.1, 0.15) is 35.6 Å². The van der Waals surface area contributed by atoms with Gasteiger partial charge in [-0.15, -0.1) is 0 Å². The zero-order chi connectivity index (χ0) is 60.9. The molecule has 10 aliphatic rings. The van der Waals surface area contributed by atoms with E-state index in [1.807, 2.05) is 77.9 Å². The molecule has 2 saturated carbocycles. The molecule has 2 aliphatic carbocycles. The van der Waals surface area contributed by atoms with Crippen LogP contribution in [-0.4, -0.2) is 202 Å². The zero-order valence-corrected chi connectivity index (χ0v) is 50.7. The number of nitrogens with zero attached hydrogens (tertiary/aromatic N) is 6. The smallest absolute Gasteiger partial charge is 0.410 e. The van der Waals surface area contributed by atoms with Crippen molar-refractivity contribution in [2.45, 2.75) is 228 Å². The summed E-state index contributed by atoms with van der Waals surface area (Å²) in [4.78, 5) is 110. The molecular formula is C64H86F2N8O12. The van der Waals surface area contributed by atoms with Crippen LogP contribution in [0.5, 0.6) is 0 Å². The predicted molar refractivity (Wildman–Crippen MR) is 310 cm³/mol. The predicted octanol–water partition coefficient (Wildman–Crippen LogP) is 7.04. The average molecular weight is 1200 g/mol. The molecule has 8 amide bonds. The number of carbonyl (C=O) groups is 8. The number of ether oxygens (including phenoxy) is 4. The maximum Gasteiger partial charge on any atom is 0.410 e. The van der Waals surface area contributed by atoms with E-state index in [9.17, 15) is 38.4 Å². The van der Waals surface area contributed by atoms with E-state index in [4.69, 9.17) is 18.9 Å². The highest BCUT2D eigenvalue weighted by Gasteiger charge is 2.46. The first-order valence-electron chi connectivity index (χ1n) is 31.5. The Morgan fingerprint density at radius 2 is 0.872 bits per heavy atom. The number of benzene rings is 2. The maximum absolute atomic E-state index is 15.6. The van der Waals surface area contributed by atoms with E-state index in [0.717, 1.165) is 86.7 Å². The van der Waals surface area contributed by atoms with Gasteiger partial charge in [-0.25, -0.2) is 18.4 Å². The summed E-state index contributed by atoms with van der Waals surface area (Å²) in [6.45, 7) is 16.7. The van der Waals surface area contributed by atoms with Gasteiger partial charge in [-0.1, -0.05) is 24.3 Å². The highest BCUT2D eigenvalue weighted by atomic mass is 19.1. The minimum atomic E-state index is -1.04. The Morgan fingerprint density at radius 1 is 0.500 bits per heavy atom. The van der Waals surface area contributed by atoms with Gasteiger partial charge >= 0.3 is 12.2 Å². The summed E-state index contributed by atoms with van der Waals surface area (Å²) in [7, 11) is 0. The number of amides is 8. The fraction of sp³-hybridized carbons (Fsp3) is 0.688. The largest absolute Gasteiger partial charge is 0.444 e. The third-order valence-corrected chi connectivity index (χ3v) is 19.2. The molecule has 0 bridgehead atoms. The van der Waals surface area contributed by atoms with Gasteiger partial charge in [0.2, 0.25) is 23.6 Å². The number of alkyl halides is 2. The van der Waals surface area contributed by atoms with Crippen molar-refractivity contribution in [3.05, 3.63) is 69.8 Å². The maximum atomic E-state index is 15.6. The second kappa shape index (κ2) is 25.2. The highest BCUT2D eigenvalue weighted by molar-refractivity contribution is 6.06. The number of piperidine rings is 6. The Hall–Kier alpha value is -6.10. The molecule has 0 radical (unpaired) electrons. The molecule has 6 atom stereocenters. The first-order chi connectivity index (χ1) is 40.9. The monoisotopic (exact) mass is 1200 g/mol. The molecule has 0 aromatic heterocycles. The highest BCUT2D eigenvalue weighted by Crippen LogP contribution is 2.41. The van der Waals surface area contributed by atoms with Crippen molar-refractivity contribution in [3.8, 4) is 0 Å². The number of carbonyl (C=O) groups excluding carboxylic acids is 8. The second-order valence-corrected chi connectivity index (χ2v) is 27.5. The molecule has 8 aliphatic heterocycles. The number of hydrogen-bond acceptors (Lipinski definition) is 14. The van der Waals surface area contributed by atoms with Crippen LogP contribution in [0.2, 0.25) is 0 Å². The van der Waals surface area contributed by atoms with Gasteiger partial charge in [0.05, 0.1) is 24.4 Å². The zero-order valence-electron chi connectivity index (χ0n) is 50.7. The quantitative estimate of drug-likeness (QED) is 0.228. The van der Waals surface area contributed by atoms with Gasteiger partial charge in [-0.05, 0) is 166 Å². The molecule has 2 aromatic rings. The van der Waals surface area contributed by atoms with E-state index in [0.29, 0.717) is 101 Å². The van der Waals surface area contributed by atoms with Gasteiger partial charge in [-0.2, -0.15) is 0 Å². The fourth-order valence-electron chi connectivity index (χ4n) is 14.3. The van der Waals surface area contributed by atoms with Crippen LogP contribution in [0.4, 0.5) is 18.4 Å². The van der Waals surface area contributed by atoms with Gasteiger partial charge < -0.3 is 38.5 Å². The van der Waals surface area contributed by atoms with E-state index in [-0.39, 0.29) is 84.9 Å². The summed E-state index contributed by atoms with van der Waals surface area (Å²) in [6, 6.07) is 10.6. The van der Waals surface area contributed by atoms with Crippen molar-refractivity contribution in [3.63, 3.8) is 0 Å². The lowest BCUT2D eigenvalue weighted by Crippen LogP contribution is -2.54. The van der Waals surface area contributed by atoms with Crippen molar-refractivity contribution < 1.29 is 66.1 Å². The second-order valence-electron chi connectivity index (χ2n) is 27.5. The molecule has 86 heavy (non-hydrogen) atoms. The van der Waals surface area contributed by atoms with Crippen LogP contribution >= 0.6 is 0 Å². The van der Waals surface area contributed by atoms with Gasteiger partial charge in [0.15, 0.2) is 0 Å². The van der Waals surface area contributed by atoms with Gasteiger partial charge in [-0.3, -0.25) is 49.2 Å². The topological polar surface area (TPSA) is 217 Å². The van der Waals surface area contributed by atoms with E-state index in [1.165, 1.54) is 9.80 Å². The van der Waals surface area contributed by atoms with Crippen LogP contribution in [-0.2, 0) is 51.2 Å². The van der Waals surface area contributed by atoms with Crippen LogP contribution in [0.1, 0.15) is 186 Å². The lowest BCUT2D eigenvalue weighted by atomic mass is 9.82. The summed E-state index contributed by atoms with van der Waals surface area (Å²) in [5.74, 6) is -2.49. The Balaban J connectivity index is 0.000000179. The molecule has 6 saturated heterocycles. The Bertz CT molecular complexity index is 2730. The first-order valence-corrected chi connectivity index (χ1v) is 31.5. The van der Waals surface area contributed by atoms with Crippen molar-refractivity contribution in [1.82, 2.24) is 40.0 Å². The van der Waals surface area contributed by atoms with Gasteiger partial charge in [0, 0.05) is 100 Å². The number of rotatable bonds is 10. The molecule has 0 spiro atoms. The van der Waals surface area contributed by atoms with Gasteiger partial charge in [0.25, 0.3) is 11.8 Å². The molecular weight excluding hydrogens is 1110 g/mol. The summed E-state index contributed by atoms with van der Waals surface area (Å²) < 4.78 is 54.8. The average Bonchev–Trinajstić information content (AvgIpc) is 1.71. The normalized spacial score (nSPS) is 30.6. The Labute approximate surface area is 502 Å². The van der Waals surface area contributed by atoms with Crippen molar-refractivity contribution in [2.24, 2.45) is 0 Å². The van der Waals surface area contributed by atoms with E-state index in [2.05, 4.69) is 20.4 Å². The minimum Gasteiger partial charge on any atom is -0.444 e. The molecule has 12 rings (SSSR count). The van der Waals surface area contributed by atoms with E-state index in [1.54, 1.807) is 9.80 Å². The van der Waals surface area contributed by atoms with Crippen LogP contribution in [0, 0.1) is 0 Å². The number of halogens is 2. The lowest BCUT2D eigenvalue weighted by Gasteiger charge is -2.47. The summed E-state index contributed by atoms with van der Waals surface area (Å²) in [5.41, 5.74) is 3.40. The van der Waals surface area contributed by atoms with E-state index < -0.39 is 47.4 Å². The van der Waals surface area contributed by atoms with Crippen molar-refractivity contribution >= 4 is 47.6 Å². The summed E-state index contributed by atoms with van der Waals surface area (Å²) in [6.07, 6.45) is 7.23. The van der Waals surface area contributed by atoms with Crippen molar-refractivity contribution in [1.29, 1.82) is 0 Å². The molecule has 20 nitrogen and oxygen atoms in total. The molecule has 2 unspecified atom stereocenters. The standard InChI is InChI=1S/2C32H43FN4O6/c2*1-32(2,3)43-31(41)35-11-8-22(9-12-35)42-23-15-21(16-23)36-13-10-24(26(33)18-36)19-4-5-20-17-37(30(40)25(20)14-19)27-6-7-28(38)34-29(27)39/h2*4-5,14,21-24,26-27H,6-13,15-18H2,1-3H3,(H,34,38,39)/t2*21?,23?,24-,26-,27?/m10/s1. The third kappa shape index (κ3) is 13.9. The Morgan fingerprint density at radius 3 is 1.21 bits per heavy atom. The molecule has 22 heteroatoms. The summed E-state index contributed by atoms with van der Waals surface area (Å²) in [5, 5.41) is 4.66. The SMILES string of the molecule is CC(C)(C)OC(=O)N1CCC(OC2CC(N3CC[C@@H](c4ccc5c(c4)C(=O)N(C4CCC(=O)NC4=O)C5)[C@@H](F)C3)C2)CC1.CC(C)(C)OC(=O)N1CCC(OC2CC(N3CC[C@H](c4ccc5c(c4)C(=O)N(C4CCC(=O)NC4=O)C5)[C@H](F)C3)C2)CC1. The number of hydrogen-bond donors (Lipinski definition) is 2. The molecule has 8 fully saturated rings. The first kappa shape index (κ1) is 61.5.